The number of rotatable bonds is 6. The van der Waals surface area contributed by atoms with E-state index in [2.05, 4.69) is 10.4 Å². The number of carbonyl (C=O) groups is 1. The van der Waals surface area contributed by atoms with Crippen molar-refractivity contribution in [1.82, 2.24) is 15.1 Å². The summed E-state index contributed by atoms with van der Waals surface area (Å²) in [5.74, 6) is 0.385. The number of ether oxygens (including phenoxy) is 1. The predicted octanol–water partition coefficient (Wildman–Crippen LogP) is 3.33. The van der Waals surface area contributed by atoms with Crippen molar-refractivity contribution >= 4 is 29.1 Å². The van der Waals surface area contributed by atoms with Gasteiger partial charge >= 0.3 is 0 Å². The average Bonchev–Trinajstić information content (AvgIpc) is 2.78. The van der Waals surface area contributed by atoms with E-state index in [9.17, 15) is 4.79 Å². The third-order valence-electron chi connectivity index (χ3n) is 3.18. The number of carbonyl (C=O) groups excluding carboxylic acids is 1. The van der Waals surface area contributed by atoms with E-state index in [4.69, 9.17) is 27.9 Å². The van der Waals surface area contributed by atoms with E-state index in [-0.39, 0.29) is 5.91 Å². The third-order valence-corrected chi connectivity index (χ3v) is 4.11. The molecule has 0 aliphatic rings. The highest BCUT2D eigenvalue weighted by atomic mass is 35.5. The Kier molecular flexibility index (Phi) is 5.69. The second-order valence-electron chi connectivity index (χ2n) is 4.72. The molecule has 1 N–H and O–H groups in total. The monoisotopic (exact) mass is 341 g/mol. The molecule has 0 atom stereocenters. The lowest BCUT2D eigenvalue weighted by atomic mass is 10.2. The van der Waals surface area contributed by atoms with Gasteiger partial charge in [-0.05, 0) is 25.5 Å². The SMILES string of the molecule is COc1ccccc1C(=O)NCCCn1nc(C)c(Cl)c1Cl. The fraction of sp³-hybridized carbons (Fsp3) is 0.333. The first-order valence-corrected chi connectivity index (χ1v) is 7.59. The molecule has 1 aromatic heterocycles. The number of aromatic nitrogens is 2. The maximum absolute atomic E-state index is 12.1. The molecule has 0 radical (unpaired) electrons. The second-order valence-corrected chi connectivity index (χ2v) is 5.46. The fourth-order valence-corrected chi connectivity index (χ4v) is 2.43. The van der Waals surface area contributed by atoms with Crippen molar-refractivity contribution in [3.05, 3.63) is 45.7 Å². The van der Waals surface area contributed by atoms with Crippen LogP contribution >= 0.6 is 23.2 Å². The molecule has 5 nitrogen and oxygen atoms in total. The van der Waals surface area contributed by atoms with E-state index in [0.29, 0.717) is 46.7 Å². The molecule has 7 heteroatoms. The van der Waals surface area contributed by atoms with Crippen LogP contribution in [0.4, 0.5) is 0 Å². The van der Waals surface area contributed by atoms with Crippen molar-refractivity contribution in [1.29, 1.82) is 0 Å². The van der Waals surface area contributed by atoms with Crippen molar-refractivity contribution in [2.24, 2.45) is 0 Å². The molecule has 0 bridgehead atoms. The Morgan fingerprint density at radius 2 is 2.09 bits per heavy atom. The number of aryl methyl sites for hydroxylation is 2. The second kappa shape index (κ2) is 7.51. The highest BCUT2D eigenvalue weighted by Gasteiger charge is 2.12. The van der Waals surface area contributed by atoms with Crippen LogP contribution in [0, 0.1) is 6.92 Å². The molecule has 22 heavy (non-hydrogen) atoms. The minimum Gasteiger partial charge on any atom is -0.496 e. The van der Waals surface area contributed by atoms with Gasteiger partial charge in [-0.1, -0.05) is 35.3 Å². The Morgan fingerprint density at radius 3 is 2.73 bits per heavy atom. The Labute approximate surface area is 139 Å². The van der Waals surface area contributed by atoms with Crippen molar-refractivity contribution in [3.8, 4) is 5.75 Å². The summed E-state index contributed by atoms with van der Waals surface area (Å²) in [6.45, 7) is 2.89. The van der Waals surface area contributed by atoms with Crippen LogP contribution in [0.25, 0.3) is 0 Å². The average molecular weight is 342 g/mol. The van der Waals surface area contributed by atoms with Crippen molar-refractivity contribution in [3.63, 3.8) is 0 Å². The quantitative estimate of drug-likeness (QED) is 0.820. The van der Waals surface area contributed by atoms with E-state index in [0.717, 1.165) is 0 Å². The van der Waals surface area contributed by atoms with Gasteiger partial charge in [0.15, 0.2) is 0 Å². The zero-order chi connectivity index (χ0) is 16.1. The minimum absolute atomic E-state index is 0.168. The minimum atomic E-state index is -0.168. The van der Waals surface area contributed by atoms with Gasteiger partial charge in [0.25, 0.3) is 5.91 Å². The van der Waals surface area contributed by atoms with Gasteiger partial charge < -0.3 is 10.1 Å². The normalized spacial score (nSPS) is 10.5. The Balaban J connectivity index is 1.86. The molecule has 2 aromatic rings. The zero-order valence-corrected chi connectivity index (χ0v) is 13.9. The van der Waals surface area contributed by atoms with Crippen LogP contribution in [0.2, 0.25) is 10.2 Å². The molecule has 2 rings (SSSR count). The summed E-state index contributed by atoms with van der Waals surface area (Å²) >= 11 is 12.0. The molecule has 0 aliphatic heterocycles. The van der Waals surface area contributed by atoms with E-state index >= 15 is 0 Å². The maximum Gasteiger partial charge on any atom is 0.255 e. The lowest BCUT2D eigenvalue weighted by molar-refractivity contribution is 0.0949. The highest BCUT2D eigenvalue weighted by Crippen LogP contribution is 2.24. The molecule has 118 valence electrons. The summed E-state index contributed by atoms with van der Waals surface area (Å²) in [5.41, 5.74) is 1.21. The topological polar surface area (TPSA) is 56.1 Å². The summed E-state index contributed by atoms with van der Waals surface area (Å²) in [7, 11) is 1.54. The fourth-order valence-electron chi connectivity index (χ4n) is 2.04. The largest absolute Gasteiger partial charge is 0.496 e. The lowest BCUT2D eigenvalue weighted by Crippen LogP contribution is -2.25. The molecule has 0 aliphatic carbocycles. The van der Waals surface area contributed by atoms with Crippen molar-refractivity contribution < 1.29 is 9.53 Å². The van der Waals surface area contributed by atoms with Crippen LogP contribution in [0.15, 0.2) is 24.3 Å². The van der Waals surface area contributed by atoms with Gasteiger partial charge in [-0.15, -0.1) is 0 Å². The Morgan fingerprint density at radius 1 is 1.36 bits per heavy atom. The standard InChI is InChI=1S/C15H17Cl2N3O2/c1-10-13(16)14(17)20(19-10)9-5-8-18-15(21)11-6-3-4-7-12(11)22-2/h3-4,6-7H,5,8-9H2,1-2H3,(H,18,21). The molecule has 1 heterocycles. The van der Waals surface area contributed by atoms with E-state index < -0.39 is 0 Å². The molecule has 0 saturated heterocycles. The number of nitrogens with zero attached hydrogens (tertiary/aromatic N) is 2. The summed E-state index contributed by atoms with van der Waals surface area (Å²) in [5, 5.41) is 7.98. The first-order valence-electron chi connectivity index (χ1n) is 6.84. The van der Waals surface area contributed by atoms with Gasteiger partial charge in [-0.3, -0.25) is 9.48 Å². The van der Waals surface area contributed by atoms with Gasteiger partial charge in [-0.2, -0.15) is 5.10 Å². The number of hydrogen-bond donors (Lipinski definition) is 1. The molecule has 0 fully saturated rings. The first-order chi connectivity index (χ1) is 10.5. The number of para-hydroxylation sites is 1. The van der Waals surface area contributed by atoms with Crippen LogP contribution in [0.1, 0.15) is 22.5 Å². The summed E-state index contributed by atoms with van der Waals surface area (Å²) in [4.78, 5) is 12.1. The Bertz CT molecular complexity index is 671. The van der Waals surface area contributed by atoms with Crippen LogP contribution in [-0.4, -0.2) is 29.3 Å². The van der Waals surface area contributed by atoms with Crippen molar-refractivity contribution in [2.45, 2.75) is 19.9 Å². The van der Waals surface area contributed by atoms with E-state index in [1.807, 2.05) is 6.07 Å². The lowest BCUT2D eigenvalue weighted by Gasteiger charge is -2.09. The molecule has 0 saturated carbocycles. The van der Waals surface area contributed by atoms with Gasteiger partial charge in [0.1, 0.15) is 15.9 Å². The molecule has 0 spiro atoms. The van der Waals surface area contributed by atoms with Crippen LogP contribution in [0.5, 0.6) is 5.75 Å². The van der Waals surface area contributed by atoms with E-state index in [1.165, 1.54) is 7.11 Å². The van der Waals surface area contributed by atoms with Crippen molar-refractivity contribution in [2.75, 3.05) is 13.7 Å². The Hall–Kier alpha value is -1.72. The van der Waals surface area contributed by atoms with Gasteiger partial charge in [0.05, 0.1) is 18.4 Å². The molecule has 1 amide bonds. The van der Waals surface area contributed by atoms with Gasteiger partial charge in [-0.25, -0.2) is 0 Å². The predicted molar refractivity (Wildman–Crippen MR) is 86.9 cm³/mol. The molecular formula is C15H17Cl2N3O2. The summed E-state index contributed by atoms with van der Waals surface area (Å²) < 4.78 is 6.80. The number of hydrogen-bond acceptors (Lipinski definition) is 3. The molecular weight excluding hydrogens is 325 g/mol. The third kappa shape index (κ3) is 3.72. The van der Waals surface area contributed by atoms with Crippen LogP contribution in [0.3, 0.4) is 0 Å². The first kappa shape index (κ1) is 16.6. The van der Waals surface area contributed by atoms with E-state index in [1.54, 1.807) is 29.8 Å². The number of nitrogens with one attached hydrogen (secondary N) is 1. The number of amides is 1. The van der Waals surface area contributed by atoms with Gasteiger partial charge in [0, 0.05) is 13.1 Å². The maximum atomic E-state index is 12.1. The molecule has 1 aromatic carbocycles. The van der Waals surface area contributed by atoms with Crippen LogP contribution < -0.4 is 10.1 Å². The number of methoxy groups -OCH3 is 1. The number of halogens is 2. The highest BCUT2D eigenvalue weighted by molar-refractivity contribution is 6.41. The number of benzene rings is 1. The smallest absolute Gasteiger partial charge is 0.255 e. The van der Waals surface area contributed by atoms with Crippen LogP contribution in [-0.2, 0) is 6.54 Å². The summed E-state index contributed by atoms with van der Waals surface area (Å²) in [6.07, 6.45) is 0.693. The summed E-state index contributed by atoms with van der Waals surface area (Å²) in [6, 6.07) is 7.10. The van der Waals surface area contributed by atoms with Gasteiger partial charge in [0.2, 0.25) is 0 Å². The molecule has 0 unspecified atom stereocenters. The zero-order valence-electron chi connectivity index (χ0n) is 12.4.